The summed E-state index contributed by atoms with van der Waals surface area (Å²) in [5.41, 5.74) is 2.30. The van der Waals surface area contributed by atoms with Crippen LogP contribution in [0.2, 0.25) is 0 Å². The minimum atomic E-state index is 0.985. The molecule has 0 spiro atoms. The maximum Gasteiger partial charge on any atom is 0.134 e. The van der Waals surface area contributed by atoms with Gasteiger partial charge in [-0.2, -0.15) is 0 Å². The van der Waals surface area contributed by atoms with Gasteiger partial charge in [0.05, 0.1) is 6.26 Å². The second kappa shape index (κ2) is 2.85. The fraction of sp³-hybridized carbons (Fsp3) is 0.111. The van der Waals surface area contributed by atoms with Gasteiger partial charge in [0.15, 0.2) is 0 Å². The first-order valence-corrected chi connectivity index (χ1v) is 4.95. The third-order valence-electron chi connectivity index (χ3n) is 1.67. The van der Waals surface area contributed by atoms with Crippen LogP contribution in [-0.4, -0.2) is 0 Å². The van der Waals surface area contributed by atoms with Gasteiger partial charge in [-0.25, -0.2) is 0 Å². The Morgan fingerprint density at radius 2 is 2.18 bits per heavy atom. The van der Waals surface area contributed by atoms with E-state index in [4.69, 9.17) is 4.42 Å². The minimum absolute atomic E-state index is 0.985. The Balaban J connectivity index is 2.67. The average molecular weight is 258 g/mol. The van der Waals surface area contributed by atoms with E-state index in [1.54, 1.807) is 6.26 Å². The molecule has 2 rings (SSSR count). The van der Waals surface area contributed by atoms with Crippen molar-refractivity contribution < 1.29 is 4.42 Å². The van der Waals surface area contributed by atoms with Crippen molar-refractivity contribution in [3.63, 3.8) is 0 Å². The number of hydrogen-bond acceptors (Lipinski definition) is 1. The first-order valence-electron chi connectivity index (χ1n) is 3.42. The van der Waals surface area contributed by atoms with E-state index in [1.807, 2.05) is 6.07 Å². The van der Waals surface area contributed by atoms with Crippen molar-refractivity contribution in [2.75, 3.05) is 0 Å². The van der Waals surface area contributed by atoms with Crippen LogP contribution in [0.25, 0.3) is 11.0 Å². The molecular formula is C9H7IO. The highest BCUT2D eigenvalue weighted by atomic mass is 127. The van der Waals surface area contributed by atoms with Crippen LogP contribution < -0.4 is 0 Å². The molecule has 0 saturated carbocycles. The molecule has 2 aromatic rings. The Labute approximate surface area is 78.5 Å². The van der Waals surface area contributed by atoms with Crippen LogP contribution in [-0.2, 0) is 4.43 Å². The minimum Gasteiger partial charge on any atom is -0.464 e. The van der Waals surface area contributed by atoms with Crippen LogP contribution in [0.3, 0.4) is 0 Å². The summed E-state index contributed by atoms with van der Waals surface area (Å²) in [7, 11) is 0. The fourth-order valence-electron chi connectivity index (χ4n) is 1.08. The predicted molar refractivity (Wildman–Crippen MR) is 53.9 cm³/mol. The van der Waals surface area contributed by atoms with Crippen LogP contribution >= 0.6 is 22.6 Å². The zero-order chi connectivity index (χ0) is 7.68. The molecule has 0 saturated heterocycles. The smallest absolute Gasteiger partial charge is 0.134 e. The summed E-state index contributed by atoms with van der Waals surface area (Å²) < 4.78 is 6.29. The third kappa shape index (κ3) is 1.27. The van der Waals surface area contributed by atoms with Gasteiger partial charge in [0.2, 0.25) is 0 Å². The van der Waals surface area contributed by atoms with Gasteiger partial charge < -0.3 is 4.42 Å². The molecule has 0 aliphatic heterocycles. The summed E-state index contributed by atoms with van der Waals surface area (Å²) in [6.45, 7) is 0. The highest BCUT2D eigenvalue weighted by molar-refractivity contribution is 14.1. The molecule has 0 radical (unpaired) electrons. The topological polar surface area (TPSA) is 13.1 Å². The Hall–Kier alpha value is -0.510. The molecule has 1 aromatic carbocycles. The third-order valence-corrected chi connectivity index (χ3v) is 2.56. The molecule has 0 aliphatic carbocycles. The Morgan fingerprint density at radius 1 is 1.27 bits per heavy atom. The Morgan fingerprint density at radius 3 is 3.00 bits per heavy atom. The molecular weight excluding hydrogens is 251 g/mol. The van der Waals surface area contributed by atoms with E-state index >= 15 is 0 Å². The van der Waals surface area contributed by atoms with E-state index in [2.05, 4.69) is 40.8 Å². The normalized spacial score (nSPS) is 10.6. The molecule has 1 aromatic heterocycles. The second-order valence-electron chi connectivity index (χ2n) is 2.43. The monoisotopic (exact) mass is 258 g/mol. The van der Waals surface area contributed by atoms with Crippen LogP contribution in [0.15, 0.2) is 34.9 Å². The van der Waals surface area contributed by atoms with Crippen molar-refractivity contribution in [1.29, 1.82) is 0 Å². The zero-order valence-electron chi connectivity index (χ0n) is 5.88. The van der Waals surface area contributed by atoms with E-state index in [1.165, 1.54) is 10.9 Å². The van der Waals surface area contributed by atoms with Gasteiger partial charge in [-0.1, -0.05) is 34.7 Å². The lowest BCUT2D eigenvalue weighted by atomic mass is 10.2. The molecule has 0 unspecified atom stereocenters. The average Bonchev–Trinajstić information content (AvgIpc) is 2.50. The highest BCUT2D eigenvalue weighted by Crippen LogP contribution is 2.18. The number of fused-ring (bicyclic) bond motifs is 1. The molecule has 56 valence electrons. The summed E-state index contributed by atoms with van der Waals surface area (Å²) in [6.07, 6.45) is 1.72. The largest absolute Gasteiger partial charge is 0.464 e. The Bertz CT molecular complexity index is 364. The number of hydrogen-bond donors (Lipinski definition) is 0. The van der Waals surface area contributed by atoms with Crippen molar-refractivity contribution in [3.8, 4) is 0 Å². The van der Waals surface area contributed by atoms with Gasteiger partial charge in [-0.05, 0) is 17.7 Å². The number of alkyl halides is 1. The quantitative estimate of drug-likeness (QED) is 0.564. The summed E-state index contributed by atoms with van der Waals surface area (Å²) in [5, 5.41) is 1.18. The molecule has 0 N–H and O–H groups in total. The summed E-state index contributed by atoms with van der Waals surface area (Å²) in [6, 6.07) is 8.28. The summed E-state index contributed by atoms with van der Waals surface area (Å²) in [5.74, 6) is 0. The molecule has 0 amide bonds. The van der Waals surface area contributed by atoms with Crippen LogP contribution in [0, 0.1) is 0 Å². The summed E-state index contributed by atoms with van der Waals surface area (Å²) in [4.78, 5) is 0. The lowest BCUT2D eigenvalue weighted by Crippen LogP contribution is -1.73. The maximum absolute atomic E-state index is 5.26. The molecule has 2 heteroatoms. The van der Waals surface area contributed by atoms with Crippen molar-refractivity contribution in [1.82, 2.24) is 0 Å². The van der Waals surface area contributed by atoms with Gasteiger partial charge in [-0.3, -0.25) is 0 Å². The maximum atomic E-state index is 5.26. The lowest BCUT2D eigenvalue weighted by Gasteiger charge is -1.92. The van der Waals surface area contributed by atoms with Crippen LogP contribution in [0.4, 0.5) is 0 Å². The highest BCUT2D eigenvalue weighted by Gasteiger charge is 1.96. The standard InChI is InChI=1S/C9H7IO/c10-6-7-1-2-8-3-4-11-9(8)5-7/h1-5H,6H2. The molecule has 0 aliphatic rings. The van der Waals surface area contributed by atoms with Crippen molar-refractivity contribution in [2.45, 2.75) is 4.43 Å². The number of rotatable bonds is 1. The molecule has 1 heterocycles. The van der Waals surface area contributed by atoms with E-state index in [-0.39, 0.29) is 0 Å². The Kier molecular flexibility index (Phi) is 1.85. The van der Waals surface area contributed by atoms with E-state index in [0.717, 1.165) is 10.0 Å². The number of furan rings is 1. The van der Waals surface area contributed by atoms with Gasteiger partial charge in [0, 0.05) is 9.81 Å². The van der Waals surface area contributed by atoms with Gasteiger partial charge >= 0.3 is 0 Å². The van der Waals surface area contributed by atoms with Gasteiger partial charge in [-0.15, -0.1) is 0 Å². The fourth-order valence-corrected chi connectivity index (χ4v) is 1.56. The summed E-state index contributed by atoms with van der Waals surface area (Å²) >= 11 is 2.34. The van der Waals surface area contributed by atoms with Gasteiger partial charge in [0.25, 0.3) is 0 Å². The molecule has 0 atom stereocenters. The van der Waals surface area contributed by atoms with Crippen LogP contribution in [0.1, 0.15) is 5.56 Å². The zero-order valence-corrected chi connectivity index (χ0v) is 8.04. The number of benzene rings is 1. The molecule has 1 nitrogen and oxygen atoms in total. The van der Waals surface area contributed by atoms with Crippen molar-refractivity contribution in [3.05, 3.63) is 36.1 Å². The van der Waals surface area contributed by atoms with Crippen molar-refractivity contribution in [2.24, 2.45) is 0 Å². The van der Waals surface area contributed by atoms with E-state index < -0.39 is 0 Å². The van der Waals surface area contributed by atoms with E-state index in [0.29, 0.717) is 0 Å². The number of halogens is 1. The predicted octanol–water partition coefficient (Wildman–Crippen LogP) is 3.37. The molecule has 0 bridgehead atoms. The molecule has 0 fully saturated rings. The lowest BCUT2D eigenvalue weighted by molar-refractivity contribution is 0.615. The van der Waals surface area contributed by atoms with Gasteiger partial charge in [0.1, 0.15) is 5.58 Å². The molecule has 11 heavy (non-hydrogen) atoms. The van der Waals surface area contributed by atoms with E-state index in [9.17, 15) is 0 Å². The van der Waals surface area contributed by atoms with Crippen molar-refractivity contribution >= 4 is 33.6 Å². The van der Waals surface area contributed by atoms with Crippen LogP contribution in [0.5, 0.6) is 0 Å². The second-order valence-corrected chi connectivity index (χ2v) is 3.19. The first-order chi connectivity index (χ1) is 5.40. The SMILES string of the molecule is ICc1ccc2ccoc2c1. The first kappa shape index (κ1) is 7.16.